The molecular weight excluding hydrogens is 202 g/mol. The highest BCUT2D eigenvalue weighted by atomic mass is 16.3. The van der Waals surface area contributed by atoms with E-state index in [-0.39, 0.29) is 23.8 Å². The van der Waals surface area contributed by atoms with Crippen molar-refractivity contribution in [1.82, 2.24) is 5.32 Å². The summed E-state index contributed by atoms with van der Waals surface area (Å²) in [5, 5.41) is 12.5. The third-order valence-corrected chi connectivity index (χ3v) is 4.36. The van der Waals surface area contributed by atoms with E-state index in [4.69, 9.17) is 0 Å². The summed E-state index contributed by atoms with van der Waals surface area (Å²) in [6.07, 6.45) is 9.02. The van der Waals surface area contributed by atoms with Gasteiger partial charge in [-0.05, 0) is 25.7 Å². The normalized spacial score (nSPS) is 24.8. The Morgan fingerprint density at radius 3 is 2.38 bits per heavy atom. The molecule has 2 aliphatic carbocycles. The lowest BCUT2D eigenvalue weighted by atomic mass is 9.87. The average molecular weight is 225 g/mol. The first-order chi connectivity index (χ1) is 7.76. The van der Waals surface area contributed by atoms with Gasteiger partial charge in [0, 0.05) is 17.9 Å². The number of carbonyl (C=O) groups excluding carboxylic acids is 1. The van der Waals surface area contributed by atoms with Crippen molar-refractivity contribution in [3.8, 4) is 0 Å². The molecule has 0 aliphatic heterocycles. The minimum absolute atomic E-state index is 0.00569. The minimum Gasteiger partial charge on any atom is -0.396 e. The predicted molar refractivity (Wildman–Crippen MR) is 63.0 cm³/mol. The summed E-state index contributed by atoms with van der Waals surface area (Å²) in [4.78, 5) is 11.9. The maximum Gasteiger partial charge on any atom is 0.223 e. The van der Waals surface area contributed by atoms with E-state index in [1.165, 1.54) is 25.7 Å². The molecule has 0 heterocycles. The second kappa shape index (κ2) is 5.17. The van der Waals surface area contributed by atoms with Crippen LogP contribution < -0.4 is 5.32 Å². The third kappa shape index (κ3) is 2.57. The van der Waals surface area contributed by atoms with E-state index < -0.39 is 0 Å². The van der Waals surface area contributed by atoms with Gasteiger partial charge in [-0.3, -0.25) is 4.79 Å². The number of aliphatic hydroxyl groups excluding tert-OH is 1. The van der Waals surface area contributed by atoms with E-state index in [1.807, 2.05) is 0 Å². The lowest BCUT2D eigenvalue weighted by molar-refractivity contribution is -0.125. The van der Waals surface area contributed by atoms with Crippen molar-refractivity contribution in [3.63, 3.8) is 0 Å². The van der Waals surface area contributed by atoms with Crippen LogP contribution in [-0.2, 0) is 4.79 Å². The molecule has 92 valence electrons. The molecule has 0 saturated heterocycles. The van der Waals surface area contributed by atoms with Crippen molar-refractivity contribution in [2.45, 2.75) is 51.4 Å². The summed E-state index contributed by atoms with van der Waals surface area (Å²) in [6.45, 7) is 0.900. The van der Waals surface area contributed by atoms with Crippen LogP contribution >= 0.6 is 0 Å². The molecule has 2 N–H and O–H groups in total. The second-order valence-corrected chi connectivity index (χ2v) is 5.56. The van der Waals surface area contributed by atoms with Crippen LogP contribution in [0.25, 0.3) is 0 Å². The van der Waals surface area contributed by atoms with Gasteiger partial charge in [-0.25, -0.2) is 0 Å². The Kier molecular flexibility index (Phi) is 3.85. The number of aliphatic hydroxyl groups is 1. The van der Waals surface area contributed by atoms with Crippen LogP contribution in [0.1, 0.15) is 51.4 Å². The maximum atomic E-state index is 11.9. The smallest absolute Gasteiger partial charge is 0.223 e. The molecule has 0 bridgehead atoms. The fraction of sp³-hybridized carbons (Fsp3) is 0.923. The fourth-order valence-corrected chi connectivity index (χ4v) is 3.12. The second-order valence-electron chi connectivity index (χ2n) is 5.56. The highest BCUT2D eigenvalue weighted by Crippen LogP contribution is 2.37. The first-order valence-corrected chi connectivity index (χ1v) is 6.64. The highest BCUT2D eigenvalue weighted by molar-refractivity contribution is 5.78. The predicted octanol–water partition coefficient (Wildman–Crippen LogP) is 1.85. The zero-order valence-electron chi connectivity index (χ0n) is 10.0. The SMILES string of the molecule is O=C(NCC1(CO)CCCC1)C1CCCC1. The largest absolute Gasteiger partial charge is 0.396 e. The molecule has 0 atom stereocenters. The molecule has 0 radical (unpaired) electrons. The van der Waals surface area contributed by atoms with Gasteiger partial charge in [0.25, 0.3) is 0 Å². The van der Waals surface area contributed by atoms with Gasteiger partial charge < -0.3 is 10.4 Å². The average Bonchev–Trinajstić information content (AvgIpc) is 2.98. The Morgan fingerprint density at radius 2 is 1.81 bits per heavy atom. The molecule has 1 amide bonds. The zero-order valence-corrected chi connectivity index (χ0v) is 10.0. The van der Waals surface area contributed by atoms with Crippen molar-refractivity contribution >= 4 is 5.91 Å². The van der Waals surface area contributed by atoms with Crippen LogP contribution in [0.2, 0.25) is 0 Å². The van der Waals surface area contributed by atoms with E-state index in [0.717, 1.165) is 25.7 Å². The minimum atomic E-state index is -0.00569. The van der Waals surface area contributed by atoms with E-state index in [2.05, 4.69) is 5.32 Å². The fourth-order valence-electron chi connectivity index (χ4n) is 3.12. The molecule has 0 aromatic rings. The molecule has 2 saturated carbocycles. The molecule has 16 heavy (non-hydrogen) atoms. The van der Waals surface area contributed by atoms with Gasteiger partial charge in [0.2, 0.25) is 5.91 Å². The Hall–Kier alpha value is -0.570. The van der Waals surface area contributed by atoms with Gasteiger partial charge in [0.15, 0.2) is 0 Å². The van der Waals surface area contributed by atoms with E-state index in [0.29, 0.717) is 6.54 Å². The molecule has 0 unspecified atom stereocenters. The Morgan fingerprint density at radius 1 is 1.19 bits per heavy atom. The van der Waals surface area contributed by atoms with Gasteiger partial charge in [0.1, 0.15) is 0 Å². The molecular formula is C13H23NO2. The van der Waals surface area contributed by atoms with Crippen molar-refractivity contribution in [2.24, 2.45) is 11.3 Å². The van der Waals surface area contributed by atoms with Crippen LogP contribution in [0.5, 0.6) is 0 Å². The van der Waals surface area contributed by atoms with Crippen LogP contribution in [0.4, 0.5) is 0 Å². The molecule has 0 aromatic carbocycles. The highest BCUT2D eigenvalue weighted by Gasteiger charge is 2.34. The zero-order chi connectivity index (χ0) is 11.4. The van der Waals surface area contributed by atoms with Crippen LogP contribution in [0, 0.1) is 11.3 Å². The van der Waals surface area contributed by atoms with E-state index >= 15 is 0 Å². The van der Waals surface area contributed by atoms with Crippen molar-refractivity contribution in [2.75, 3.05) is 13.2 Å². The van der Waals surface area contributed by atoms with Gasteiger partial charge in [-0.2, -0.15) is 0 Å². The molecule has 3 nitrogen and oxygen atoms in total. The number of amides is 1. The summed E-state index contributed by atoms with van der Waals surface area (Å²) in [7, 11) is 0. The molecule has 0 spiro atoms. The molecule has 0 aromatic heterocycles. The van der Waals surface area contributed by atoms with Crippen molar-refractivity contribution < 1.29 is 9.90 Å². The molecule has 2 aliphatic rings. The van der Waals surface area contributed by atoms with Gasteiger partial charge >= 0.3 is 0 Å². The topological polar surface area (TPSA) is 49.3 Å². The Balaban J connectivity index is 1.79. The number of rotatable bonds is 4. The van der Waals surface area contributed by atoms with Crippen LogP contribution in [-0.4, -0.2) is 24.2 Å². The number of carbonyl (C=O) groups is 1. The Bertz CT molecular complexity index is 240. The third-order valence-electron chi connectivity index (χ3n) is 4.36. The van der Waals surface area contributed by atoms with E-state index in [9.17, 15) is 9.90 Å². The number of hydrogen-bond donors (Lipinski definition) is 2. The first-order valence-electron chi connectivity index (χ1n) is 6.64. The summed E-state index contributed by atoms with van der Waals surface area (Å²) < 4.78 is 0. The standard InChI is InChI=1S/C13H23NO2/c15-10-13(7-3-4-8-13)9-14-12(16)11-5-1-2-6-11/h11,15H,1-10H2,(H,14,16). The molecule has 2 rings (SSSR count). The van der Waals surface area contributed by atoms with Gasteiger partial charge in [0.05, 0.1) is 6.61 Å². The lowest BCUT2D eigenvalue weighted by Crippen LogP contribution is -2.40. The number of hydrogen-bond acceptors (Lipinski definition) is 2. The van der Waals surface area contributed by atoms with E-state index in [1.54, 1.807) is 0 Å². The summed E-state index contributed by atoms with van der Waals surface area (Å²) in [5.74, 6) is 0.467. The maximum absolute atomic E-state index is 11.9. The summed E-state index contributed by atoms with van der Waals surface area (Å²) in [6, 6.07) is 0. The Labute approximate surface area is 97.6 Å². The van der Waals surface area contributed by atoms with Gasteiger partial charge in [-0.15, -0.1) is 0 Å². The van der Waals surface area contributed by atoms with Crippen molar-refractivity contribution in [3.05, 3.63) is 0 Å². The summed E-state index contributed by atoms with van der Waals surface area (Å²) in [5.41, 5.74) is -0.00569. The quantitative estimate of drug-likeness (QED) is 0.767. The van der Waals surface area contributed by atoms with Crippen LogP contribution in [0.3, 0.4) is 0 Å². The number of nitrogens with one attached hydrogen (secondary N) is 1. The molecule has 3 heteroatoms. The summed E-state index contributed by atoms with van der Waals surface area (Å²) >= 11 is 0. The first kappa shape index (κ1) is 11.9. The lowest BCUT2D eigenvalue weighted by Gasteiger charge is -2.27. The van der Waals surface area contributed by atoms with Gasteiger partial charge in [-0.1, -0.05) is 25.7 Å². The van der Waals surface area contributed by atoms with Crippen LogP contribution in [0.15, 0.2) is 0 Å². The van der Waals surface area contributed by atoms with Crippen molar-refractivity contribution in [1.29, 1.82) is 0 Å². The molecule has 2 fully saturated rings. The monoisotopic (exact) mass is 225 g/mol.